The summed E-state index contributed by atoms with van der Waals surface area (Å²) >= 11 is 0. The molecule has 0 unspecified atom stereocenters. The van der Waals surface area contributed by atoms with E-state index in [4.69, 9.17) is 0 Å². The van der Waals surface area contributed by atoms with Crippen LogP contribution in [0.1, 0.15) is 41.5 Å². The van der Waals surface area contributed by atoms with E-state index in [1.165, 1.54) is 0 Å². The van der Waals surface area contributed by atoms with E-state index in [2.05, 4.69) is 45.9 Å². The maximum Gasteiger partial charge on any atom is 0.0416 e. The van der Waals surface area contributed by atoms with Crippen molar-refractivity contribution in [2.75, 3.05) is 17.3 Å². The van der Waals surface area contributed by atoms with E-state index in [1.807, 2.05) is 0 Å². The monoisotopic (exact) mass is 236 g/mol. The molecule has 94 valence electrons. The van der Waals surface area contributed by atoms with Crippen LogP contribution in [0, 0.1) is 17.8 Å². The van der Waals surface area contributed by atoms with Crippen LogP contribution in [0.15, 0.2) is 0 Å². The van der Waals surface area contributed by atoms with Gasteiger partial charge in [0, 0.05) is 17.3 Å². The lowest BCUT2D eigenvalue weighted by Gasteiger charge is -2.40. The SMILES string of the molecule is CC(C)CS(CC(C)C)(CC(C)C)[OH+][O-]. The topological polar surface area (TPSA) is 35.9 Å². The third kappa shape index (κ3) is 6.44. The first-order valence-corrected chi connectivity index (χ1v) is 8.02. The first-order valence-electron chi connectivity index (χ1n) is 5.92. The Morgan fingerprint density at radius 2 is 1.07 bits per heavy atom. The zero-order valence-electron chi connectivity index (χ0n) is 11.1. The van der Waals surface area contributed by atoms with Gasteiger partial charge in [0.2, 0.25) is 0 Å². The Bertz CT molecular complexity index is 140. The van der Waals surface area contributed by atoms with Crippen LogP contribution in [0.25, 0.3) is 0 Å². The second kappa shape index (κ2) is 6.77. The van der Waals surface area contributed by atoms with Gasteiger partial charge < -0.3 is 9.59 Å². The molecule has 0 aromatic rings. The molecule has 0 aliphatic carbocycles. The van der Waals surface area contributed by atoms with Gasteiger partial charge in [0.1, 0.15) is 0 Å². The normalized spacial score (nSPS) is 14.3. The molecule has 15 heavy (non-hydrogen) atoms. The highest BCUT2D eigenvalue weighted by Crippen LogP contribution is 2.50. The van der Waals surface area contributed by atoms with Crippen molar-refractivity contribution in [2.24, 2.45) is 17.8 Å². The van der Waals surface area contributed by atoms with Crippen molar-refractivity contribution >= 4 is 10.3 Å². The molecule has 0 aromatic heterocycles. The van der Waals surface area contributed by atoms with Crippen molar-refractivity contribution in [2.45, 2.75) is 41.5 Å². The van der Waals surface area contributed by atoms with Gasteiger partial charge in [0.05, 0.1) is 0 Å². The van der Waals surface area contributed by atoms with Crippen LogP contribution in [-0.4, -0.2) is 21.6 Å². The van der Waals surface area contributed by atoms with E-state index in [9.17, 15) is 5.26 Å². The fourth-order valence-corrected chi connectivity index (χ4v) is 6.47. The Morgan fingerprint density at radius 3 is 1.20 bits per heavy atom. The molecule has 0 aliphatic heterocycles. The lowest BCUT2D eigenvalue weighted by atomic mass is 10.3. The standard InChI is InChI=1S/C12H28O2S/c1-10(2)7-15(14-13,8-11(3)4)9-12(5)6/h10-12,14H,7-9H2,1-6H3. The lowest BCUT2D eigenvalue weighted by Crippen LogP contribution is -2.31. The molecule has 0 bridgehead atoms. The highest BCUT2D eigenvalue weighted by Gasteiger charge is 2.30. The number of rotatable bonds is 7. The van der Waals surface area contributed by atoms with Crippen molar-refractivity contribution in [3.63, 3.8) is 0 Å². The van der Waals surface area contributed by atoms with Crippen LogP contribution >= 0.6 is 10.3 Å². The Balaban J connectivity index is 4.59. The maximum atomic E-state index is 11.2. The van der Waals surface area contributed by atoms with Gasteiger partial charge in [0.15, 0.2) is 0 Å². The highest BCUT2D eigenvalue weighted by molar-refractivity contribution is 8.29. The van der Waals surface area contributed by atoms with E-state index in [0.717, 1.165) is 17.3 Å². The third-order valence-electron chi connectivity index (χ3n) is 2.09. The largest absolute Gasteiger partial charge is 0.521 e. The second-order valence-corrected chi connectivity index (χ2v) is 8.90. The van der Waals surface area contributed by atoms with E-state index < -0.39 is 10.3 Å². The predicted molar refractivity (Wildman–Crippen MR) is 69.3 cm³/mol. The minimum atomic E-state index is -1.26. The van der Waals surface area contributed by atoms with E-state index in [1.54, 1.807) is 0 Å². The molecule has 0 amide bonds. The van der Waals surface area contributed by atoms with Crippen LogP contribution in [0.5, 0.6) is 0 Å². The van der Waals surface area contributed by atoms with Crippen molar-refractivity contribution in [1.29, 1.82) is 0 Å². The molecule has 0 saturated heterocycles. The van der Waals surface area contributed by atoms with E-state index in [0.29, 0.717) is 17.8 Å². The molecular formula is C12H28O2S. The molecule has 1 N–H and O–H groups in total. The van der Waals surface area contributed by atoms with Gasteiger partial charge in [-0.1, -0.05) is 41.5 Å². The summed E-state index contributed by atoms with van der Waals surface area (Å²) in [6.07, 6.45) is 0. The molecule has 0 spiro atoms. The van der Waals surface area contributed by atoms with Crippen LogP contribution < -0.4 is 5.26 Å². The molecule has 0 radical (unpaired) electrons. The first-order chi connectivity index (χ1) is 6.81. The fraction of sp³-hybridized carbons (Fsp3) is 1.00. The van der Waals surface area contributed by atoms with Crippen LogP contribution in [0.4, 0.5) is 0 Å². The molecule has 0 aromatic carbocycles. The zero-order chi connectivity index (χ0) is 12.1. The summed E-state index contributed by atoms with van der Waals surface area (Å²) in [6, 6.07) is 0. The second-order valence-electron chi connectivity index (χ2n) is 5.76. The maximum absolute atomic E-state index is 11.2. The molecule has 0 saturated carbocycles. The van der Waals surface area contributed by atoms with Crippen molar-refractivity contribution in [3.05, 3.63) is 0 Å². The van der Waals surface area contributed by atoms with Gasteiger partial charge >= 0.3 is 0 Å². The minimum Gasteiger partial charge on any atom is -0.521 e. The summed E-state index contributed by atoms with van der Waals surface area (Å²) in [7, 11) is -1.26. The van der Waals surface area contributed by atoms with E-state index >= 15 is 0 Å². The smallest absolute Gasteiger partial charge is 0.0416 e. The summed E-state index contributed by atoms with van der Waals surface area (Å²) in [6.45, 7) is 13.1. The van der Waals surface area contributed by atoms with Gasteiger partial charge in [-0.05, 0) is 28.1 Å². The summed E-state index contributed by atoms with van der Waals surface area (Å²) < 4.78 is 3.57. The van der Waals surface area contributed by atoms with Gasteiger partial charge in [-0.3, -0.25) is 0 Å². The Kier molecular flexibility index (Phi) is 6.89. The van der Waals surface area contributed by atoms with Gasteiger partial charge in [-0.2, -0.15) is 0 Å². The predicted octanol–water partition coefficient (Wildman–Crippen LogP) is 3.04. The summed E-state index contributed by atoms with van der Waals surface area (Å²) in [5, 5.41) is 11.2. The van der Waals surface area contributed by atoms with E-state index in [-0.39, 0.29) is 0 Å². The molecule has 0 fully saturated rings. The summed E-state index contributed by atoms with van der Waals surface area (Å²) in [5.41, 5.74) is 0. The Labute approximate surface area is 96.9 Å². The number of hydrogen-bond acceptors (Lipinski definition) is 1. The molecule has 0 atom stereocenters. The molecule has 0 heterocycles. The molecule has 3 heteroatoms. The van der Waals surface area contributed by atoms with Gasteiger partial charge in [-0.25, -0.2) is 0 Å². The summed E-state index contributed by atoms with van der Waals surface area (Å²) in [4.78, 5) is 0. The van der Waals surface area contributed by atoms with Crippen molar-refractivity contribution in [1.82, 2.24) is 0 Å². The van der Waals surface area contributed by atoms with Gasteiger partial charge in [-0.15, -0.1) is 0 Å². The summed E-state index contributed by atoms with van der Waals surface area (Å²) in [5.74, 6) is 4.76. The lowest BCUT2D eigenvalue weighted by molar-refractivity contribution is -0.714. The number of hydrogen-bond donors (Lipinski definition) is 0. The Morgan fingerprint density at radius 1 is 0.800 bits per heavy atom. The highest BCUT2D eigenvalue weighted by atomic mass is 32.3. The third-order valence-corrected chi connectivity index (χ3v) is 6.27. The zero-order valence-corrected chi connectivity index (χ0v) is 11.9. The van der Waals surface area contributed by atoms with Crippen molar-refractivity contribution < 1.29 is 9.59 Å². The minimum absolute atomic E-state index is 0.579. The first kappa shape index (κ1) is 15.3. The average Bonchev–Trinajstić information content (AvgIpc) is 1.99. The van der Waals surface area contributed by atoms with Crippen LogP contribution in [-0.2, 0) is 0 Å². The quantitative estimate of drug-likeness (QED) is 0.380. The average molecular weight is 236 g/mol. The molecule has 0 aliphatic rings. The van der Waals surface area contributed by atoms with Gasteiger partial charge in [0.25, 0.3) is 0 Å². The fourth-order valence-electron chi connectivity index (χ4n) is 2.16. The van der Waals surface area contributed by atoms with Crippen LogP contribution in [0.3, 0.4) is 0 Å². The molecular weight excluding hydrogens is 208 g/mol. The molecule has 2 nitrogen and oxygen atoms in total. The van der Waals surface area contributed by atoms with Crippen molar-refractivity contribution in [3.8, 4) is 0 Å². The Hall–Kier alpha value is 0.270. The van der Waals surface area contributed by atoms with Crippen LogP contribution in [0.2, 0.25) is 0 Å². The molecule has 0 rings (SSSR count).